The summed E-state index contributed by atoms with van der Waals surface area (Å²) < 4.78 is 5.32. The number of halogens is 1. The Hall–Kier alpha value is -1.96. The predicted molar refractivity (Wildman–Crippen MR) is 85.7 cm³/mol. The molecular weight excluding hydrogens is 318 g/mol. The minimum Gasteiger partial charge on any atom is -0.369 e. The third-order valence-corrected chi connectivity index (χ3v) is 4.03. The Balaban J connectivity index is 1.56. The van der Waals surface area contributed by atoms with Crippen LogP contribution in [0.2, 0.25) is 5.02 Å². The molecule has 7 nitrogen and oxygen atoms in total. The van der Waals surface area contributed by atoms with E-state index in [0.717, 1.165) is 31.7 Å². The van der Waals surface area contributed by atoms with Crippen molar-refractivity contribution in [1.82, 2.24) is 19.9 Å². The molecule has 3 rings (SSSR count). The maximum Gasteiger partial charge on any atom is 0.241 e. The van der Waals surface area contributed by atoms with Gasteiger partial charge in [0.2, 0.25) is 17.6 Å². The molecule has 0 radical (unpaired) electrons. The van der Waals surface area contributed by atoms with Gasteiger partial charge in [0, 0.05) is 36.8 Å². The molecule has 1 saturated heterocycles. The molecule has 1 aliphatic heterocycles. The van der Waals surface area contributed by atoms with Crippen molar-refractivity contribution in [2.75, 3.05) is 32.7 Å². The molecule has 1 aromatic heterocycles. The Kier molecular flexibility index (Phi) is 4.90. The van der Waals surface area contributed by atoms with Crippen LogP contribution in [0.1, 0.15) is 5.89 Å². The number of benzene rings is 1. The molecule has 2 aromatic rings. The van der Waals surface area contributed by atoms with E-state index >= 15 is 0 Å². The van der Waals surface area contributed by atoms with Crippen LogP contribution in [-0.4, -0.2) is 58.6 Å². The van der Waals surface area contributed by atoms with Gasteiger partial charge in [-0.1, -0.05) is 16.8 Å². The SMILES string of the molecule is NC(=O)CN1CCN(Cc2nc(-c3ccc(Cl)cc3)no2)CC1. The van der Waals surface area contributed by atoms with Crippen molar-refractivity contribution in [3.63, 3.8) is 0 Å². The molecule has 122 valence electrons. The Morgan fingerprint density at radius 1 is 1.17 bits per heavy atom. The smallest absolute Gasteiger partial charge is 0.241 e. The first-order chi connectivity index (χ1) is 11.1. The Bertz CT molecular complexity index is 665. The maximum absolute atomic E-state index is 10.9. The zero-order chi connectivity index (χ0) is 16.2. The van der Waals surface area contributed by atoms with Gasteiger partial charge >= 0.3 is 0 Å². The van der Waals surface area contributed by atoms with Crippen LogP contribution in [-0.2, 0) is 11.3 Å². The average Bonchev–Trinajstić information content (AvgIpc) is 2.98. The molecule has 23 heavy (non-hydrogen) atoms. The van der Waals surface area contributed by atoms with E-state index in [9.17, 15) is 4.79 Å². The zero-order valence-corrected chi connectivity index (χ0v) is 13.4. The quantitative estimate of drug-likeness (QED) is 0.876. The van der Waals surface area contributed by atoms with Crippen molar-refractivity contribution in [1.29, 1.82) is 0 Å². The number of piperazine rings is 1. The van der Waals surface area contributed by atoms with E-state index in [1.807, 2.05) is 17.0 Å². The average molecular weight is 336 g/mol. The van der Waals surface area contributed by atoms with E-state index < -0.39 is 0 Å². The van der Waals surface area contributed by atoms with Gasteiger partial charge in [-0.3, -0.25) is 14.6 Å². The number of nitrogens with zero attached hydrogens (tertiary/aromatic N) is 4. The second-order valence-corrected chi connectivity index (χ2v) is 5.97. The van der Waals surface area contributed by atoms with Gasteiger partial charge < -0.3 is 10.3 Å². The van der Waals surface area contributed by atoms with Crippen molar-refractivity contribution in [3.8, 4) is 11.4 Å². The maximum atomic E-state index is 10.9. The number of primary amides is 1. The Morgan fingerprint density at radius 3 is 2.48 bits per heavy atom. The molecule has 0 bridgehead atoms. The van der Waals surface area contributed by atoms with E-state index in [-0.39, 0.29) is 5.91 Å². The van der Waals surface area contributed by atoms with Crippen LogP contribution in [0.15, 0.2) is 28.8 Å². The van der Waals surface area contributed by atoms with Crippen molar-refractivity contribution < 1.29 is 9.32 Å². The summed E-state index contributed by atoms with van der Waals surface area (Å²) in [4.78, 5) is 19.6. The number of hydrogen-bond acceptors (Lipinski definition) is 6. The summed E-state index contributed by atoms with van der Waals surface area (Å²) in [5, 5.41) is 4.68. The summed E-state index contributed by atoms with van der Waals surface area (Å²) in [6.45, 7) is 4.21. The predicted octanol–water partition coefficient (Wildman–Crippen LogP) is 0.993. The van der Waals surface area contributed by atoms with Gasteiger partial charge in [0.15, 0.2) is 0 Å². The highest BCUT2D eigenvalue weighted by atomic mass is 35.5. The van der Waals surface area contributed by atoms with E-state index in [2.05, 4.69) is 15.0 Å². The van der Waals surface area contributed by atoms with Gasteiger partial charge in [-0.25, -0.2) is 0 Å². The van der Waals surface area contributed by atoms with Crippen molar-refractivity contribution >= 4 is 17.5 Å². The van der Waals surface area contributed by atoms with Gasteiger partial charge in [0.05, 0.1) is 13.1 Å². The molecule has 1 fully saturated rings. The first-order valence-electron chi connectivity index (χ1n) is 7.42. The molecule has 0 atom stereocenters. The summed E-state index contributed by atoms with van der Waals surface area (Å²) in [6, 6.07) is 7.31. The molecule has 1 aromatic carbocycles. The van der Waals surface area contributed by atoms with Crippen LogP contribution in [0, 0.1) is 0 Å². The molecule has 1 amide bonds. The highest BCUT2D eigenvalue weighted by Crippen LogP contribution is 2.19. The molecular formula is C15H18ClN5O2. The minimum absolute atomic E-state index is 0.289. The minimum atomic E-state index is -0.289. The monoisotopic (exact) mass is 335 g/mol. The third kappa shape index (κ3) is 4.28. The van der Waals surface area contributed by atoms with E-state index in [4.69, 9.17) is 21.9 Å². The summed E-state index contributed by atoms with van der Waals surface area (Å²) in [6.07, 6.45) is 0. The van der Waals surface area contributed by atoms with Crippen LogP contribution in [0.5, 0.6) is 0 Å². The largest absolute Gasteiger partial charge is 0.369 e. The van der Waals surface area contributed by atoms with Gasteiger partial charge in [-0.05, 0) is 24.3 Å². The lowest BCUT2D eigenvalue weighted by molar-refractivity contribution is -0.119. The lowest BCUT2D eigenvalue weighted by Gasteiger charge is -2.32. The van der Waals surface area contributed by atoms with Gasteiger partial charge in [-0.2, -0.15) is 4.98 Å². The van der Waals surface area contributed by atoms with Gasteiger partial charge in [-0.15, -0.1) is 0 Å². The van der Waals surface area contributed by atoms with Crippen LogP contribution in [0.3, 0.4) is 0 Å². The van der Waals surface area contributed by atoms with Crippen LogP contribution < -0.4 is 5.73 Å². The van der Waals surface area contributed by atoms with Crippen molar-refractivity contribution in [2.24, 2.45) is 5.73 Å². The Labute approximate surface area is 139 Å². The standard InChI is InChI=1S/C15H18ClN5O2/c16-12-3-1-11(2-4-12)15-18-14(23-19-15)10-21-7-5-20(6-8-21)9-13(17)22/h1-4H,5-10H2,(H2,17,22). The fraction of sp³-hybridized carbons (Fsp3) is 0.400. The number of rotatable bonds is 5. The van der Waals surface area contributed by atoms with Crippen LogP contribution in [0.25, 0.3) is 11.4 Å². The number of amides is 1. The molecule has 0 spiro atoms. The van der Waals surface area contributed by atoms with E-state index in [1.54, 1.807) is 12.1 Å². The summed E-state index contributed by atoms with van der Waals surface area (Å²) in [5.41, 5.74) is 6.08. The number of carbonyl (C=O) groups is 1. The molecule has 0 aliphatic carbocycles. The lowest BCUT2D eigenvalue weighted by atomic mass is 10.2. The first kappa shape index (κ1) is 15.9. The Morgan fingerprint density at radius 2 is 1.83 bits per heavy atom. The van der Waals surface area contributed by atoms with Crippen LogP contribution in [0.4, 0.5) is 0 Å². The zero-order valence-electron chi connectivity index (χ0n) is 12.6. The normalized spacial score (nSPS) is 16.6. The van der Waals surface area contributed by atoms with E-state index in [1.165, 1.54) is 0 Å². The van der Waals surface area contributed by atoms with Crippen molar-refractivity contribution in [2.45, 2.75) is 6.54 Å². The number of nitrogens with two attached hydrogens (primary N) is 1. The van der Waals surface area contributed by atoms with E-state index in [0.29, 0.717) is 29.8 Å². The highest BCUT2D eigenvalue weighted by Gasteiger charge is 2.20. The summed E-state index contributed by atoms with van der Waals surface area (Å²) in [5.74, 6) is 0.852. The topological polar surface area (TPSA) is 88.5 Å². The fourth-order valence-corrected chi connectivity index (χ4v) is 2.68. The van der Waals surface area contributed by atoms with Crippen molar-refractivity contribution in [3.05, 3.63) is 35.2 Å². The van der Waals surface area contributed by atoms with Gasteiger partial charge in [0.1, 0.15) is 0 Å². The molecule has 0 unspecified atom stereocenters. The molecule has 0 saturated carbocycles. The van der Waals surface area contributed by atoms with Crippen LogP contribution >= 0.6 is 11.6 Å². The number of hydrogen-bond donors (Lipinski definition) is 1. The number of carbonyl (C=O) groups excluding carboxylic acids is 1. The second-order valence-electron chi connectivity index (χ2n) is 5.54. The fourth-order valence-electron chi connectivity index (χ4n) is 2.55. The molecule has 2 heterocycles. The highest BCUT2D eigenvalue weighted by molar-refractivity contribution is 6.30. The molecule has 8 heteroatoms. The van der Waals surface area contributed by atoms with Gasteiger partial charge in [0.25, 0.3) is 0 Å². The second kappa shape index (κ2) is 7.08. The number of aromatic nitrogens is 2. The third-order valence-electron chi connectivity index (χ3n) is 3.77. The lowest BCUT2D eigenvalue weighted by Crippen LogP contribution is -2.48. The molecule has 1 aliphatic rings. The molecule has 2 N–H and O–H groups in total. The summed E-state index contributed by atoms with van der Waals surface area (Å²) in [7, 11) is 0. The summed E-state index contributed by atoms with van der Waals surface area (Å²) >= 11 is 5.87. The first-order valence-corrected chi connectivity index (χ1v) is 7.79.